The molecule has 4 aromatic rings. The zero-order valence-electron chi connectivity index (χ0n) is 20.7. The second kappa shape index (κ2) is 9.74. The van der Waals surface area contributed by atoms with E-state index in [9.17, 15) is 4.79 Å². The highest BCUT2D eigenvalue weighted by atomic mass is 16.2. The third-order valence-corrected chi connectivity index (χ3v) is 7.50. The summed E-state index contributed by atoms with van der Waals surface area (Å²) in [6.07, 6.45) is 4.71. The standard InChI is InChI=1S/C29H32N6O/c1-20-16-22(11-13-30-20)28-26-19-35(15-12-27(26)32-33-28)29(36)31-24-9-5-14-34(18-24)17-23-8-4-7-21-6-2-3-10-25(21)23/h2-4,6-8,10-11,13,16,24H,5,9,12,14-15,17-19H2,1H3,(H,31,36)(H,32,33). The van der Waals surface area contributed by atoms with Gasteiger partial charge in [-0.1, -0.05) is 42.5 Å². The number of urea groups is 1. The molecule has 2 amide bonds. The molecular formula is C29H32N6O. The molecule has 36 heavy (non-hydrogen) atoms. The van der Waals surface area contributed by atoms with Crippen LogP contribution >= 0.6 is 0 Å². The maximum Gasteiger partial charge on any atom is 0.317 e. The van der Waals surface area contributed by atoms with E-state index in [-0.39, 0.29) is 12.1 Å². The molecule has 1 fully saturated rings. The summed E-state index contributed by atoms with van der Waals surface area (Å²) in [6.45, 7) is 6.09. The van der Waals surface area contributed by atoms with Gasteiger partial charge in [0, 0.05) is 60.8 Å². The summed E-state index contributed by atoms with van der Waals surface area (Å²) in [6, 6.07) is 19.3. The molecule has 0 saturated carbocycles. The number of benzene rings is 2. The predicted molar refractivity (Wildman–Crippen MR) is 141 cm³/mol. The van der Waals surface area contributed by atoms with Crippen molar-refractivity contribution < 1.29 is 4.79 Å². The number of piperidine rings is 1. The first-order valence-corrected chi connectivity index (χ1v) is 12.9. The molecular weight excluding hydrogens is 448 g/mol. The molecule has 7 nitrogen and oxygen atoms in total. The highest BCUT2D eigenvalue weighted by Gasteiger charge is 2.28. The van der Waals surface area contributed by atoms with Gasteiger partial charge in [0.15, 0.2) is 0 Å². The number of hydrogen-bond acceptors (Lipinski definition) is 4. The van der Waals surface area contributed by atoms with Crippen LogP contribution in [0.4, 0.5) is 4.79 Å². The Morgan fingerprint density at radius 3 is 2.94 bits per heavy atom. The Morgan fingerprint density at radius 1 is 1.14 bits per heavy atom. The quantitative estimate of drug-likeness (QED) is 0.445. The minimum absolute atomic E-state index is 0.0238. The Morgan fingerprint density at radius 2 is 2.03 bits per heavy atom. The van der Waals surface area contributed by atoms with Gasteiger partial charge in [0.25, 0.3) is 0 Å². The van der Waals surface area contributed by atoms with E-state index in [0.29, 0.717) is 13.1 Å². The van der Waals surface area contributed by atoms with E-state index in [0.717, 1.165) is 67.1 Å². The first-order valence-electron chi connectivity index (χ1n) is 12.9. The van der Waals surface area contributed by atoms with Crippen molar-refractivity contribution in [2.75, 3.05) is 19.6 Å². The van der Waals surface area contributed by atoms with Crippen LogP contribution in [0.1, 0.15) is 35.4 Å². The summed E-state index contributed by atoms with van der Waals surface area (Å²) in [7, 11) is 0. The number of carbonyl (C=O) groups is 1. The third kappa shape index (κ3) is 4.58. The summed E-state index contributed by atoms with van der Waals surface area (Å²) in [4.78, 5) is 22.0. The molecule has 0 radical (unpaired) electrons. The molecule has 1 atom stereocenters. The van der Waals surface area contributed by atoms with Gasteiger partial charge < -0.3 is 10.2 Å². The van der Waals surface area contributed by atoms with Crippen LogP contribution < -0.4 is 5.32 Å². The lowest BCUT2D eigenvalue weighted by atomic mass is 10.0. The lowest BCUT2D eigenvalue weighted by molar-refractivity contribution is 0.160. The van der Waals surface area contributed by atoms with Crippen LogP contribution in [0.25, 0.3) is 22.0 Å². The lowest BCUT2D eigenvalue weighted by Crippen LogP contribution is -2.52. The van der Waals surface area contributed by atoms with Crippen molar-refractivity contribution in [1.29, 1.82) is 0 Å². The molecule has 2 aromatic heterocycles. The molecule has 2 aliphatic heterocycles. The van der Waals surface area contributed by atoms with Crippen LogP contribution in [-0.4, -0.2) is 56.7 Å². The number of rotatable bonds is 4. The number of carbonyl (C=O) groups excluding carboxylic acids is 1. The molecule has 1 unspecified atom stereocenters. The second-order valence-electron chi connectivity index (χ2n) is 10.0. The van der Waals surface area contributed by atoms with Crippen molar-refractivity contribution in [3.8, 4) is 11.3 Å². The van der Waals surface area contributed by atoms with Crippen molar-refractivity contribution in [2.45, 2.75) is 45.3 Å². The maximum absolute atomic E-state index is 13.3. The number of hydrogen-bond donors (Lipinski definition) is 2. The number of H-pyrrole nitrogens is 1. The molecule has 6 rings (SSSR count). The van der Waals surface area contributed by atoms with Crippen molar-refractivity contribution in [1.82, 2.24) is 30.3 Å². The minimum atomic E-state index is 0.0238. The van der Waals surface area contributed by atoms with Crippen molar-refractivity contribution in [3.05, 3.63) is 83.3 Å². The number of nitrogens with one attached hydrogen (secondary N) is 2. The number of fused-ring (bicyclic) bond motifs is 2. The van der Waals surface area contributed by atoms with Gasteiger partial charge in [-0.15, -0.1) is 0 Å². The molecule has 184 valence electrons. The number of aryl methyl sites for hydroxylation is 1. The molecule has 0 bridgehead atoms. The van der Waals surface area contributed by atoms with Gasteiger partial charge in [-0.3, -0.25) is 15.0 Å². The first kappa shape index (κ1) is 22.7. The van der Waals surface area contributed by atoms with Crippen LogP contribution in [0.5, 0.6) is 0 Å². The van der Waals surface area contributed by atoms with Gasteiger partial charge in [-0.05, 0) is 54.8 Å². The Labute approximate surface area is 211 Å². The molecule has 0 aliphatic carbocycles. The summed E-state index contributed by atoms with van der Waals surface area (Å²) < 4.78 is 0. The average molecular weight is 481 g/mol. The zero-order chi connectivity index (χ0) is 24.5. The zero-order valence-corrected chi connectivity index (χ0v) is 20.7. The Kier molecular flexibility index (Phi) is 6.15. The number of aromatic amines is 1. The molecule has 1 saturated heterocycles. The van der Waals surface area contributed by atoms with Gasteiger partial charge in [0.2, 0.25) is 0 Å². The van der Waals surface area contributed by atoms with Crippen LogP contribution in [0.15, 0.2) is 60.8 Å². The van der Waals surface area contributed by atoms with Gasteiger partial charge >= 0.3 is 6.03 Å². The number of nitrogens with zero attached hydrogens (tertiary/aromatic N) is 4. The molecule has 4 heterocycles. The SMILES string of the molecule is Cc1cc(-c2n[nH]c3c2CN(C(=O)NC2CCCN(Cc4cccc5ccccc45)C2)CC3)ccn1. The van der Waals surface area contributed by atoms with Crippen molar-refractivity contribution >= 4 is 16.8 Å². The van der Waals surface area contributed by atoms with Crippen LogP contribution in [0.2, 0.25) is 0 Å². The lowest BCUT2D eigenvalue weighted by Gasteiger charge is -2.35. The van der Waals surface area contributed by atoms with Gasteiger partial charge in [0.05, 0.1) is 12.2 Å². The summed E-state index contributed by atoms with van der Waals surface area (Å²) in [5.74, 6) is 0. The summed E-state index contributed by atoms with van der Waals surface area (Å²) in [5.41, 5.74) is 6.51. The maximum atomic E-state index is 13.3. The van der Waals surface area contributed by atoms with Crippen molar-refractivity contribution in [3.63, 3.8) is 0 Å². The summed E-state index contributed by atoms with van der Waals surface area (Å²) >= 11 is 0. The van der Waals surface area contributed by atoms with Gasteiger partial charge in [-0.2, -0.15) is 5.10 Å². The topological polar surface area (TPSA) is 77.2 Å². The fourth-order valence-corrected chi connectivity index (χ4v) is 5.65. The molecule has 2 aromatic carbocycles. The van der Waals surface area contributed by atoms with E-state index in [1.165, 1.54) is 16.3 Å². The van der Waals surface area contributed by atoms with E-state index < -0.39 is 0 Å². The monoisotopic (exact) mass is 480 g/mol. The predicted octanol–water partition coefficient (Wildman–Crippen LogP) is 4.67. The average Bonchev–Trinajstić information content (AvgIpc) is 3.33. The highest BCUT2D eigenvalue weighted by Crippen LogP contribution is 2.29. The van der Waals surface area contributed by atoms with Crippen LogP contribution in [0.3, 0.4) is 0 Å². The Balaban J connectivity index is 1.11. The number of amides is 2. The van der Waals surface area contributed by atoms with E-state index in [1.807, 2.05) is 30.2 Å². The largest absolute Gasteiger partial charge is 0.334 e. The smallest absolute Gasteiger partial charge is 0.317 e. The number of aromatic nitrogens is 3. The normalized spacial score (nSPS) is 18.2. The van der Waals surface area contributed by atoms with Crippen LogP contribution in [-0.2, 0) is 19.5 Å². The molecule has 7 heteroatoms. The van der Waals surface area contributed by atoms with Gasteiger partial charge in [-0.25, -0.2) is 4.79 Å². The van der Waals surface area contributed by atoms with Gasteiger partial charge in [0.1, 0.15) is 0 Å². The number of pyridine rings is 1. The molecule has 2 aliphatic rings. The second-order valence-corrected chi connectivity index (χ2v) is 10.0. The fraction of sp³-hybridized carbons (Fsp3) is 0.345. The Hall–Kier alpha value is -3.71. The van der Waals surface area contributed by atoms with Crippen molar-refractivity contribution in [2.24, 2.45) is 0 Å². The fourth-order valence-electron chi connectivity index (χ4n) is 5.65. The summed E-state index contributed by atoms with van der Waals surface area (Å²) in [5, 5.41) is 13.7. The van der Waals surface area contributed by atoms with E-state index in [2.05, 4.69) is 67.9 Å². The Bertz CT molecular complexity index is 1390. The van der Waals surface area contributed by atoms with E-state index >= 15 is 0 Å². The molecule has 2 N–H and O–H groups in total. The number of likely N-dealkylation sites (tertiary alicyclic amines) is 1. The molecule has 0 spiro atoms. The minimum Gasteiger partial charge on any atom is -0.334 e. The third-order valence-electron chi connectivity index (χ3n) is 7.50. The van der Waals surface area contributed by atoms with E-state index in [4.69, 9.17) is 0 Å². The van der Waals surface area contributed by atoms with E-state index in [1.54, 1.807) is 0 Å². The first-order chi connectivity index (χ1) is 17.6. The highest BCUT2D eigenvalue weighted by molar-refractivity contribution is 5.85. The van der Waals surface area contributed by atoms with Crippen LogP contribution in [0, 0.1) is 6.92 Å².